The van der Waals surface area contributed by atoms with Gasteiger partial charge in [-0.2, -0.15) is 0 Å². The van der Waals surface area contributed by atoms with Crippen molar-refractivity contribution in [1.82, 2.24) is 0 Å². The highest BCUT2D eigenvalue weighted by atomic mass is 16.8. The predicted octanol–water partition coefficient (Wildman–Crippen LogP) is 3.65. The molecule has 7 heteroatoms. The summed E-state index contributed by atoms with van der Waals surface area (Å²) in [5.41, 5.74) is -2.79. The van der Waals surface area contributed by atoms with Gasteiger partial charge in [-0.1, -0.05) is 13.8 Å². The number of ether oxygens (including phenoxy) is 2. The molecule has 0 amide bonds. The van der Waals surface area contributed by atoms with Crippen LogP contribution in [0.15, 0.2) is 11.6 Å². The summed E-state index contributed by atoms with van der Waals surface area (Å²) in [7, 11) is 0. The summed E-state index contributed by atoms with van der Waals surface area (Å²) in [5.74, 6) is -1.14. The van der Waals surface area contributed by atoms with Gasteiger partial charge in [-0.05, 0) is 115 Å². The Labute approximate surface area is 221 Å². The van der Waals surface area contributed by atoms with Crippen LogP contribution in [0.2, 0.25) is 0 Å². The van der Waals surface area contributed by atoms with Crippen LogP contribution >= 0.6 is 0 Å². The molecule has 0 aromatic carbocycles. The minimum atomic E-state index is -1.15. The molecule has 7 nitrogen and oxygen atoms in total. The summed E-state index contributed by atoms with van der Waals surface area (Å²) in [6.45, 7) is 13.8. The SMILES string of the molecule is CC(C)(O)CC[C@H]1OC(C)(C)O[C@]1(C)C1CC[C@@]2(O)C3=CC(=O)C4CC(O)C(O)CC4(C)C3CCC12C. The van der Waals surface area contributed by atoms with Gasteiger partial charge in [0.25, 0.3) is 0 Å². The summed E-state index contributed by atoms with van der Waals surface area (Å²) < 4.78 is 13.1. The normalized spacial score (nSPS) is 51.3. The first-order chi connectivity index (χ1) is 16.9. The molecule has 4 aliphatic carbocycles. The van der Waals surface area contributed by atoms with E-state index in [2.05, 4.69) is 20.8 Å². The second kappa shape index (κ2) is 8.34. The van der Waals surface area contributed by atoms with E-state index in [0.29, 0.717) is 25.7 Å². The lowest BCUT2D eigenvalue weighted by atomic mass is 9.45. The highest BCUT2D eigenvalue weighted by Gasteiger charge is 2.71. The maximum Gasteiger partial charge on any atom is 0.164 e. The van der Waals surface area contributed by atoms with E-state index < -0.39 is 45.6 Å². The Kier molecular flexibility index (Phi) is 6.25. The molecule has 5 rings (SSSR count). The molecule has 3 saturated carbocycles. The smallest absolute Gasteiger partial charge is 0.164 e. The molecule has 0 aromatic rings. The standard InChI is InChI=1S/C30H48O7/c1-25(2,34)11-10-24-29(7,37-26(3,4)36-24)23-9-13-30(35)18-14-20(31)19-15-21(32)22(33)16-27(19,5)17(18)8-12-28(23,30)6/h14,17,19,21-24,32-35H,8-13,15-16H2,1-7H3/t17?,19?,21?,22?,23?,24-,27?,28?,29-,30-/m1/s1. The van der Waals surface area contributed by atoms with Gasteiger partial charge in [0.2, 0.25) is 0 Å². The average molecular weight is 521 g/mol. The van der Waals surface area contributed by atoms with Crippen molar-refractivity contribution < 1.29 is 34.7 Å². The van der Waals surface area contributed by atoms with Crippen molar-refractivity contribution in [3.8, 4) is 0 Å². The molecule has 1 aliphatic heterocycles. The Morgan fingerprint density at radius 3 is 2.35 bits per heavy atom. The van der Waals surface area contributed by atoms with Gasteiger partial charge in [0, 0.05) is 11.3 Å². The van der Waals surface area contributed by atoms with Crippen molar-refractivity contribution in [3.05, 3.63) is 11.6 Å². The summed E-state index contributed by atoms with van der Waals surface area (Å²) in [6.07, 6.45) is 4.51. The van der Waals surface area contributed by atoms with Crippen LogP contribution in [0.4, 0.5) is 0 Å². The fourth-order valence-electron chi connectivity index (χ4n) is 9.49. The highest BCUT2D eigenvalue weighted by Crippen LogP contribution is 2.69. The molecule has 210 valence electrons. The quantitative estimate of drug-likeness (QED) is 0.447. The number of hydrogen-bond acceptors (Lipinski definition) is 7. The summed E-state index contributed by atoms with van der Waals surface area (Å²) in [6, 6.07) is 0. The predicted molar refractivity (Wildman–Crippen MR) is 138 cm³/mol. The van der Waals surface area contributed by atoms with Crippen molar-refractivity contribution >= 4 is 5.78 Å². The Morgan fingerprint density at radius 1 is 1.03 bits per heavy atom. The Morgan fingerprint density at radius 2 is 1.70 bits per heavy atom. The third-order valence-electron chi connectivity index (χ3n) is 11.4. The molecule has 5 aliphatic rings. The Balaban J connectivity index is 1.51. The molecule has 10 atom stereocenters. The fourth-order valence-corrected chi connectivity index (χ4v) is 9.49. The average Bonchev–Trinajstić information content (AvgIpc) is 3.17. The molecule has 4 fully saturated rings. The first kappa shape index (κ1) is 27.7. The van der Waals surface area contributed by atoms with Crippen molar-refractivity contribution in [2.24, 2.45) is 28.6 Å². The Hall–Kier alpha value is -0.830. The van der Waals surface area contributed by atoms with Gasteiger partial charge < -0.3 is 29.9 Å². The minimum Gasteiger partial charge on any atom is -0.390 e. The first-order valence-corrected chi connectivity index (χ1v) is 14.3. The van der Waals surface area contributed by atoms with Crippen LogP contribution < -0.4 is 0 Å². The molecule has 1 heterocycles. The highest BCUT2D eigenvalue weighted by molar-refractivity contribution is 5.95. The zero-order valence-corrected chi connectivity index (χ0v) is 23.7. The van der Waals surface area contributed by atoms with Gasteiger partial charge in [-0.3, -0.25) is 4.79 Å². The van der Waals surface area contributed by atoms with Crippen LogP contribution in [-0.2, 0) is 14.3 Å². The molecule has 0 spiro atoms. The lowest BCUT2D eigenvalue weighted by molar-refractivity contribution is -0.191. The molecule has 37 heavy (non-hydrogen) atoms. The number of aliphatic hydroxyl groups excluding tert-OH is 2. The zero-order valence-electron chi connectivity index (χ0n) is 23.7. The first-order valence-electron chi connectivity index (χ1n) is 14.3. The summed E-state index contributed by atoms with van der Waals surface area (Å²) in [4.78, 5) is 13.4. The summed E-state index contributed by atoms with van der Waals surface area (Å²) >= 11 is 0. The third kappa shape index (κ3) is 4.02. The number of hydrogen-bond donors (Lipinski definition) is 4. The number of carbonyl (C=O) groups is 1. The van der Waals surface area contributed by atoms with Crippen LogP contribution in [0.5, 0.6) is 0 Å². The van der Waals surface area contributed by atoms with Gasteiger partial charge in [0.1, 0.15) is 0 Å². The number of ketones is 1. The third-order valence-corrected chi connectivity index (χ3v) is 11.4. The van der Waals surface area contributed by atoms with Gasteiger partial charge >= 0.3 is 0 Å². The van der Waals surface area contributed by atoms with Gasteiger partial charge in [-0.25, -0.2) is 0 Å². The number of carbonyl (C=O) groups excluding carboxylic acids is 1. The van der Waals surface area contributed by atoms with E-state index in [9.17, 15) is 25.2 Å². The maximum atomic E-state index is 13.4. The van der Waals surface area contributed by atoms with Crippen molar-refractivity contribution in [3.63, 3.8) is 0 Å². The number of rotatable bonds is 4. The molecule has 4 N–H and O–H groups in total. The minimum absolute atomic E-state index is 0.000157. The molecular formula is C30H48O7. The van der Waals surface area contributed by atoms with Gasteiger partial charge in [0.15, 0.2) is 11.6 Å². The topological polar surface area (TPSA) is 116 Å². The van der Waals surface area contributed by atoms with Crippen molar-refractivity contribution in [2.75, 3.05) is 0 Å². The van der Waals surface area contributed by atoms with Crippen molar-refractivity contribution in [2.45, 2.75) is 141 Å². The second-order valence-electron chi connectivity index (χ2n) is 14.7. The maximum absolute atomic E-state index is 13.4. The van der Waals surface area contributed by atoms with E-state index in [4.69, 9.17) is 9.47 Å². The monoisotopic (exact) mass is 520 g/mol. The van der Waals surface area contributed by atoms with Crippen LogP contribution in [0.25, 0.3) is 0 Å². The van der Waals surface area contributed by atoms with Gasteiger partial charge in [0.05, 0.1) is 35.1 Å². The van der Waals surface area contributed by atoms with Gasteiger partial charge in [-0.15, -0.1) is 0 Å². The molecule has 0 radical (unpaired) electrons. The van der Waals surface area contributed by atoms with Crippen LogP contribution in [0.3, 0.4) is 0 Å². The van der Waals surface area contributed by atoms with E-state index in [1.807, 2.05) is 27.7 Å². The molecule has 7 unspecified atom stereocenters. The number of fused-ring (bicyclic) bond motifs is 5. The number of allylic oxidation sites excluding steroid dienone is 1. The Bertz CT molecular complexity index is 983. The molecule has 0 bridgehead atoms. The van der Waals surface area contributed by atoms with Crippen LogP contribution in [0.1, 0.15) is 99.8 Å². The zero-order chi connectivity index (χ0) is 27.4. The van der Waals surface area contributed by atoms with E-state index >= 15 is 0 Å². The molecule has 0 aromatic heterocycles. The molecular weight excluding hydrogens is 472 g/mol. The lowest BCUT2D eigenvalue weighted by Gasteiger charge is -2.60. The van der Waals surface area contributed by atoms with E-state index in [0.717, 1.165) is 24.8 Å². The number of aliphatic hydroxyl groups is 4. The second-order valence-corrected chi connectivity index (χ2v) is 14.7. The fraction of sp³-hybridized carbons (Fsp3) is 0.900. The van der Waals surface area contributed by atoms with Crippen LogP contribution in [-0.4, -0.2) is 67.1 Å². The molecule has 1 saturated heterocycles. The lowest BCUT2D eigenvalue weighted by Crippen LogP contribution is -2.62. The van der Waals surface area contributed by atoms with Crippen molar-refractivity contribution in [1.29, 1.82) is 0 Å². The van der Waals surface area contributed by atoms with Crippen LogP contribution in [0, 0.1) is 28.6 Å². The van der Waals surface area contributed by atoms with E-state index in [1.165, 1.54) is 0 Å². The summed E-state index contributed by atoms with van der Waals surface area (Å²) in [5, 5.41) is 43.9. The largest absolute Gasteiger partial charge is 0.390 e. The van der Waals surface area contributed by atoms with E-state index in [-0.39, 0.29) is 36.1 Å². The van der Waals surface area contributed by atoms with E-state index in [1.54, 1.807) is 6.08 Å².